The van der Waals surface area contributed by atoms with E-state index in [4.69, 9.17) is 0 Å². The van der Waals surface area contributed by atoms with Crippen molar-refractivity contribution < 1.29 is 0 Å². The van der Waals surface area contributed by atoms with Gasteiger partial charge in [-0.15, -0.1) is 0 Å². The Morgan fingerprint density at radius 3 is 2.86 bits per heavy atom. The van der Waals surface area contributed by atoms with Gasteiger partial charge in [-0.25, -0.2) is 4.98 Å². The number of nitrogens with one attached hydrogen (secondary N) is 1. The maximum absolute atomic E-state index is 4.33. The number of aryl methyl sites for hydroxylation is 1. The van der Waals surface area contributed by atoms with Crippen molar-refractivity contribution in [2.45, 2.75) is 6.92 Å². The highest BCUT2D eigenvalue weighted by Crippen LogP contribution is 2.29. The van der Waals surface area contributed by atoms with E-state index >= 15 is 0 Å². The molecule has 1 heterocycles. The fourth-order valence-electron chi connectivity index (χ4n) is 1.63. The van der Waals surface area contributed by atoms with Gasteiger partial charge in [0, 0.05) is 28.5 Å². The largest absolute Gasteiger partial charge is 0.373 e. The molecule has 0 saturated carbocycles. The summed E-state index contributed by atoms with van der Waals surface area (Å²) in [7, 11) is 1.89. The van der Waals surface area contributed by atoms with Gasteiger partial charge in [0.1, 0.15) is 5.82 Å². The van der Waals surface area contributed by atoms with Gasteiger partial charge in [-0.2, -0.15) is 0 Å². The minimum absolute atomic E-state index is 0.932. The number of hydrogen-bond acceptors (Lipinski definition) is 2. The van der Waals surface area contributed by atoms with E-state index in [-0.39, 0.29) is 0 Å². The Kier molecular flexibility index (Phi) is 2.42. The minimum atomic E-state index is 0.932. The van der Waals surface area contributed by atoms with Crippen molar-refractivity contribution >= 4 is 32.5 Å². The number of benzene rings is 1. The molecule has 14 heavy (non-hydrogen) atoms. The Hall–Kier alpha value is -1.09. The van der Waals surface area contributed by atoms with E-state index in [1.54, 1.807) is 0 Å². The first kappa shape index (κ1) is 9.46. The monoisotopic (exact) mass is 250 g/mol. The van der Waals surface area contributed by atoms with Crippen molar-refractivity contribution in [2.75, 3.05) is 12.4 Å². The third-order valence-electron chi connectivity index (χ3n) is 2.31. The minimum Gasteiger partial charge on any atom is -0.373 e. The number of halogens is 1. The van der Waals surface area contributed by atoms with Crippen LogP contribution in [0.1, 0.15) is 5.56 Å². The van der Waals surface area contributed by atoms with Crippen LogP contribution in [0.5, 0.6) is 0 Å². The molecule has 0 spiro atoms. The van der Waals surface area contributed by atoms with Gasteiger partial charge in [-0.05, 0) is 28.4 Å². The van der Waals surface area contributed by atoms with E-state index in [9.17, 15) is 0 Å². The van der Waals surface area contributed by atoms with Gasteiger partial charge in [0.2, 0.25) is 0 Å². The van der Waals surface area contributed by atoms with Crippen molar-refractivity contribution in [2.24, 2.45) is 0 Å². The van der Waals surface area contributed by atoms with E-state index in [0.717, 1.165) is 10.3 Å². The molecule has 2 aromatic rings. The van der Waals surface area contributed by atoms with Crippen molar-refractivity contribution in [1.82, 2.24) is 4.98 Å². The molecule has 0 aliphatic carbocycles. The summed E-state index contributed by atoms with van der Waals surface area (Å²) in [6, 6.07) is 6.24. The second-order valence-electron chi connectivity index (χ2n) is 3.20. The van der Waals surface area contributed by atoms with Crippen molar-refractivity contribution in [3.05, 3.63) is 34.4 Å². The molecular formula is C11H11BrN2. The molecule has 72 valence electrons. The number of pyridine rings is 1. The van der Waals surface area contributed by atoms with Crippen LogP contribution in [0.25, 0.3) is 10.8 Å². The van der Waals surface area contributed by atoms with E-state index < -0.39 is 0 Å². The van der Waals surface area contributed by atoms with Gasteiger partial charge in [0.15, 0.2) is 0 Å². The molecule has 2 rings (SSSR count). The Morgan fingerprint density at radius 1 is 1.36 bits per heavy atom. The molecule has 0 saturated heterocycles. The number of hydrogen-bond donors (Lipinski definition) is 1. The molecule has 0 fully saturated rings. The Balaban J connectivity index is 2.92. The first-order valence-electron chi connectivity index (χ1n) is 4.45. The van der Waals surface area contributed by atoms with E-state index in [2.05, 4.69) is 51.4 Å². The normalized spacial score (nSPS) is 10.5. The van der Waals surface area contributed by atoms with Crippen LogP contribution >= 0.6 is 15.9 Å². The van der Waals surface area contributed by atoms with Crippen LogP contribution in [0.2, 0.25) is 0 Å². The maximum atomic E-state index is 4.33. The molecule has 0 atom stereocenters. The SMILES string of the molecule is CNc1ncc(Br)c2cccc(C)c12. The molecule has 0 bridgehead atoms. The Labute approximate surface area is 91.5 Å². The highest BCUT2D eigenvalue weighted by molar-refractivity contribution is 9.10. The third kappa shape index (κ3) is 1.38. The summed E-state index contributed by atoms with van der Waals surface area (Å²) in [6.45, 7) is 2.09. The van der Waals surface area contributed by atoms with Crippen molar-refractivity contribution in [3.63, 3.8) is 0 Å². The second-order valence-corrected chi connectivity index (χ2v) is 4.06. The van der Waals surface area contributed by atoms with Crippen LogP contribution in [0.4, 0.5) is 5.82 Å². The number of anilines is 1. The van der Waals surface area contributed by atoms with Gasteiger partial charge < -0.3 is 5.32 Å². The number of fused-ring (bicyclic) bond motifs is 1. The zero-order chi connectivity index (χ0) is 10.1. The van der Waals surface area contributed by atoms with Crippen LogP contribution in [0.3, 0.4) is 0 Å². The fraction of sp³-hybridized carbons (Fsp3) is 0.182. The molecule has 1 aromatic carbocycles. The lowest BCUT2D eigenvalue weighted by molar-refractivity contribution is 1.30. The summed E-state index contributed by atoms with van der Waals surface area (Å²) in [5, 5.41) is 5.49. The second kappa shape index (κ2) is 3.58. The molecule has 2 nitrogen and oxygen atoms in total. The summed E-state index contributed by atoms with van der Waals surface area (Å²) in [6.07, 6.45) is 1.83. The van der Waals surface area contributed by atoms with Crippen LogP contribution in [0.15, 0.2) is 28.9 Å². The molecule has 1 N–H and O–H groups in total. The predicted molar refractivity (Wildman–Crippen MR) is 63.7 cm³/mol. The van der Waals surface area contributed by atoms with Gasteiger partial charge in [0.25, 0.3) is 0 Å². The zero-order valence-corrected chi connectivity index (χ0v) is 9.72. The Morgan fingerprint density at radius 2 is 2.14 bits per heavy atom. The molecule has 3 heteroatoms. The van der Waals surface area contributed by atoms with Crippen LogP contribution in [-0.2, 0) is 0 Å². The Bertz CT molecular complexity index is 480. The highest BCUT2D eigenvalue weighted by Gasteiger charge is 2.06. The van der Waals surface area contributed by atoms with Crippen molar-refractivity contribution in [1.29, 1.82) is 0 Å². The first-order chi connectivity index (χ1) is 6.74. The van der Waals surface area contributed by atoms with Gasteiger partial charge >= 0.3 is 0 Å². The smallest absolute Gasteiger partial charge is 0.133 e. The van der Waals surface area contributed by atoms with Gasteiger partial charge in [0.05, 0.1) is 0 Å². The molecule has 0 aliphatic heterocycles. The van der Waals surface area contributed by atoms with E-state index in [0.29, 0.717) is 0 Å². The van der Waals surface area contributed by atoms with E-state index in [1.807, 2.05) is 13.2 Å². The molecular weight excluding hydrogens is 240 g/mol. The van der Waals surface area contributed by atoms with Gasteiger partial charge in [-0.3, -0.25) is 0 Å². The molecule has 0 aliphatic rings. The summed E-state index contributed by atoms with van der Waals surface area (Å²) in [5.74, 6) is 0.932. The first-order valence-corrected chi connectivity index (χ1v) is 5.25. The van der Waals surface area contributed by atoms with Gasteiger partial charge in [-0.1, -0.05) is 18.2 Å². The summed E-state index contributed by atoms with van der Waals surface area (Å²) >= 11 is 3.50. The quantitative estimate of drug-likeness (QED) is 0.840. The fourth-order valence-corrected chi connectivity index (χ4v) is 2.06. The molecule has 0 amide bonds. The van der Waals surface area contributed by atoms with E-state index in [1.165, 1.54) is 16.3 Å². The average Bonchev–Trinajstić information content (AvgIpc) is 2.20. The number of nitrogens with zero attached hydrogens (tertiary/aromatic N) is 1. The third-order valence-corrected chi connectivity index (χ3v) is 2.94. The lowest BCUT2D eigenvalue weighted by Crippen LogP contribution is -1.95. The topological polar surface area (TPSA) is 24.9 Å². The highest BCUT2D eigenvalue weighted by atomic mass is 79.9. The van der Waals surface area contributed by atoms with Crippen LogP contribution < -0.4 is 5.32 Å². The van der Waals surface area contributed by atoms with Crippen LogP contribution in [0, 0.1) is 6.92 Å². The number of rotatable bonds is 1. The molecule has 0 radical (unpaired) electrons. The van der Waals surface area contributed by atoms with Crippen molar-refractivity contribution in [3.8, 4) is 0 Å². The summed E-state index contributed by atoms with van der Waals surface area (Å²) in [4.78, 5) is 4.33. The summed E-state index contributed by atoms with van der Waals surface area (Å²) in [5.41, 5.74) is 1.24. The maximum Gasteiger partial charge on any atom is 0.133 e. The number of aromatic nitrogens is 1. The van der Waals surface area contributed by atoms with Crippen LogP contribution in [-0.4, -0.2) is 12.0 Å². The zero-order valence-electron chi connectivity index (χ0n) is 8.13. The summed E-state index contributed by atoms with van der Waals surface area (Å²) < 4.78 is 1.04. The lowest BCUT2D eigenvalue weighted by atomic mass is 10.1. The molecule has 1 aromatic heterocycles. The molecule has 0 unspecified atom stereocenters. The average molecular weight is 251 g/mol. The predicted octanol–water partition coefficient (Wildman–Crippen LogP) is 3.35. The lowest BCUT2D eigenvalue weighted by Gasteiger charge is -2.08. The standard InChI is InChI=1S/C11H11BrN2/c1-7-4-3-5-8-9(12)6-14-11(13-2)10(7)8/h3-6H,1-2H3,(H,13,14).